The van der Waals surface area contributed by atoms with Gasteiger partial charge in [0.25, 0.3) is 5.92 Å². The minimum Gasteiger partial charge on any atom is -0.404 e. The molecule has 0 heterocycles. The van der Waals surface area contributed by atoms with Crippen molar-refractivity contribution in [3.63, 3.8) is 0 Å². The summed E-state index contributed by atoms with van der Waals surface area (Å²) in [6, 6.07) is 3.36. The Bertz CT molecular complexity index is 570. The monoisotopic (exact) mass is 396 g/mol. The fraction of sp³-hybridized carbons (Fsp3) is 0.600. The highest BCUT2D eigenvalue weighted by atomic mass is 79.9. The van der Waals surface area contributed by atoms with Gasteiger partial charge in [-0.2, -0.15) is 0 Å². The third-order valence-corrected chi connectivity index (χ3v) is 10.0. The van der Waals surface area contributed by atoms with Crippen LogP contribution in [0.5, 0.6) is 0 Å². The number of halogens is 4. The Hall–Kier alpha value is 0.0269. The summed E-state index contributed by atoms with van der Waals surface area (Å²) in [5.41, 5.74) is 1.01. The topological polar surface area (TPSA) is 9.23 Å². The van der Waals surface area contributed by atoms with Crippen molar-refractivity contribution in [2.45, 2.75) is 57.4 Å². The first-order chi connectivity index (χ1) is 9.37. The van der Waals surface area contributed by atoms with E-state index in [-0.39, 0.29) is 11.5 Å². The number of hydrogen-bond donors (Lipinski definition) is 0. The molecule has 0 spiro atoms. The van der Waals surface area contributed by atoms with E-state index in [0.717, 1.165) is 0 Å². The summed E-state index contributed by atoms with van der Waals surface area (Å²) < 4.78 is 35.7. The van der Waals surface area contributed by atoms with Crippen LogP contribution in [0, 0.1) is 0 Å². The van der Waals surface area contributed by atoms with Crippen LogP contribution in [0.3, 0.4) is 0 Å². The summed E-state index contributed by atoms with van der Waals surface area (Å²) in [6.45, 7) is 10.1. The molecular formula is C15H20BrClF2OSi. The molecule has 118 valence electrons. The standard InChI is InChI=1S/C15H20BrClF2OSi/c1-14(2,3)21(4,5)20-13-12-9(8-15(13,18)19)10(16)6-7-11(12)17/h6-7,13H,8H2,1-5H3/t13-/m0/s1. The van der Waals surface area contributed by atoms with Crippen molar-refractivity contribution < 1.29 is 13.2 Å². The summed E-state index contributed by atoms with van der Waals surface area (Å²) in [5.74, 6) is -2.93. The molecule has 0 amide bonds. The van der Waals surface area contributed by atoms with Crippen molar-refractivity contribution in [2.24, 2.45) is 0 Å². The summed E-state index contributed by atoms with van der Waals surface area (Å²) in [4.78, 5) is 0. The van der Waals surface area contributed by atoms with Gasteiger partial charge >= 0.3 is 0 Å². The maximum atomic E-state index is 14.5. The van der Waals surface area contributed by atoms with E-state index in [2.05, 4.69) is 15.9 Å². The Balaban J connectivity index is 2.49. The van der Waals surface area contributed by atoms with E-state index in [0.29, 0.717) is 20.6 Å². The third-order valence-electron chi connectivity index (χ3n) is 4.52. The zero-order valence-electron chi connectivity index (χ0n) is 12.9. The molecule has 1 aliphatic carbocycles. The van der Waals surface area contributed by atoms with Crippen molar-refractivity contribution in [2.75, 3.05) is 0 Å². The van der Waals surface area contributed by atoms with Crippen LogP contribution in [0.4, 0.5) is 8.78 Å². The van der Waals surface area contributed by atoms with Gasteiger partial charge in [-0.25, -0.2) is 8.78 Å². The lowest BCUT2D eigenvalue weighted by atomic mass is 10.1. The number of hydrogen-bond acceptors (Lipinski definition) is 1. The van der Waals surface area contributed by atoms with Gasteiger partial charge in [0, 0.05) is 21.5 Å². The highest BCUT2D eigenvalue weighted by Crippen LogP contribution is 2.53. The van der Waals surface area contributed by atoms with Gasteiger partial charge in [-0.3, -0.25) is 0 Å². The second kappa shape index (κ2) is 5.29. The lowest BCUT2D eigenvalue weighted by Crippen LogP contribution is -2.44. The molecule has 0 N–H and O–H groups in total. The second-order valence-electron chi connectivity index (χ2n) is 7.12. The van der Waals surface area contributed by atoms with E-state index < -0.39 is 20.3 Å². The smallest absolute Gasteiger partial charge is 0.280 e. The van der Waals surface area contributed by atoms with Crippen LogP contribution in [0.15, 0.2) is 16.6 Å². The number of alkyl halides is 2. The van der Waals surface area contributed by atoms with E-state index in [1.807, 2.05) is 33.9 Å². The van der Waals surface area contributed by atoms with Crippen LogP contribution < -0.4 is 0 Å². The Morgan fingerprint density at radius 2 is 1.90 bits per heavy atom. The molecule has 1 nitrogen and oxygen atoms in total. The first kappa shape index (κ1) is 17.4. The molecule has 1 aromatic rings. The van der Waals surface area contributed by atoms with Crippen molar-refractivity contribution >= 4 is 35.8 Å². The first-order valence-corrected chi connectivity index (χ1v) is 11.0. The van der Waals surface area contributed by atoms with Crippen molar-refractivity contribution in [1.29, 1.82) is 0 Å². The predicted molar refractivity (Wildman–Crippen MR) is 88.8 cm³/mol. The second-order valence-corrected chi connectivity index (χ2v) is 13.1. The average molecular weight is 398 g/mol. The van der Waals surface area contributed by atoms with Crippen LogP contribution in [-0.4, -0.2) is 14.2 Å². The Morgan fingerprint density at radius 1 is 1.33 bits per heavy atom. The fourth-order valence-electron chi connectivity index (χ4n) is 2.23. The molecule has 0 saturated heterocycles. The highest BCUT2D eigenvalue weighted by molar-refractivity contribution is 9.10. The molecule has 1 atom stereocenters. The minimum atomic E-state index is -2.93. The summed E-state index contributed by atoms with van der Waals surface area (Å²) >= 11 is 9.53. The average Bonchev–Trinajstić information content (AvgIpc) is 2.56. The van der Waals surface area contributed by atoms with E-state index in [1.165, 1.54) is 0 Å². The quantitative estimate of drug-likeness (QED) is 0.528. The minimum absolute atomic E-state index is 0.135. The lowest BCUT2D eigenvalue weighted by molar-refractivity contribution is -0.0900. The molecule has 0 radical (unpaired) electrons. The lowest BCUT2D eigenvalue weighted by Gasteiger charge is -2.40. The Labute approximate surface area is 139 Å². The molecule has 0 saturated carbocycles. The number of fused-ring (bicyclic) bond motifs is 1. The largest absolute Gasteiger partial charge is 0.404 e. The van der Waals surface area contributed by atoms with Gasteiger partial charge in [-0.05, 0) is 35.8 Å². The Kier molecular flexibility index (Phi) is 4.38. The zero-order chi connectivity index (χ0) is 16.2. The zero-order valence-corrected chi connectivity index (χ0v) is 16.2. The molecule has 2 rings (SSSR count). The van der Waals surface area contributed by atoms with Crippen LogP contribution in [-0.2, 0) is 10.8 Å². The van der Waals surface area contributed by atoms with E-state index in [1.54, 1.807) is 12.1 Å². The molecule has 1 aromatic carbocycles. The summed E-state index contributed by atoms with van der Waals surface area (Å²) in [7, 11) is -2.32. The highest BCUT2D eigenvalue weighted by Gasteiger charge is 2.53. The summed E-state index contributed by atoms with van der Waals surface area (Å²) in [5, 5.41) is 0.221. The van der Waals surface area contributed by atoms with Gasteiger partial charge in [0.05, 0.1) is 0 Å². The maximum Gasteiger partial charge on any atom is 0.280 e. The maximum absolute atomic E-state index is 14.5. The van der Waals surface area contributed by atoms with E-state index in [4.69, 9.17) is 16.0 Å². The van der Waals surface area contributed by atoms with Gasteiger partial charge in [0.1, 0.15) is 6.10 Å². The van der Waals surface area contributed by atoms with Crippen molar-refractivity contribution in [1.82, 2.24) is 0 Å². The Morgan fingerprint density at radius 3 is 2.43 bits per heavy atom. The first-order valence-electron chi connectivity index (χ1n) is 6.89. The SMILES string of the molecule is CC(C)(C)[Si](C)(C)O[C@H]1c2c(Cl)ccc(Br)c2CC1(F)F. The van der Waals surface area contributed by atoms with E-state index >= 15 is 0 Å². The number of rotatable bonds is 2. The molecular weight excluding hydrogens is 378 g/mol. The molecule has 0 aromatic heterocycles. The van der Waals surface area contributed by atoms with Crippen LogP contribution >= 0.6 is 27.5 Å². The van der Waals surface area contributed by atoms with Crippen LogP contribution in [0.25, 0.3) is 0 Å². The number of benzene rings is 1. The predicted octanol–water partition coefficient (Wildman–Crippen LogP) is 6.36. The third kappa shape index (κ3) is 3.07. The molecule has 1 aliphatic rings. The molecule has 6 heteroatoms. The molecule has 0 aliphatic heterocycles. The van der Waals surface area contributed by atoms with Gasteiger partial charge in [-0.15, -0.1) is 0 Å². The molecule has 0 bridgehead atoms. The fourth-order valence-corrected chi connectivity index (χ4v) is 4.22. The van der Waals surface area contributed by atoms with Gasteiger partial charge in [-0.1, -0.05) is 48.3 Å². The van der Waals surface area contributed by atoms with Crippen LogP contribution in [0.2, 0.25) is 23.2 Å². The molecule has 0 unspecified atom stereocenters. The van der Waals surface area contributed by atoms with Gasteiger partial charge in [0.15, 0.2) is 8.32 Å². The molecule has 21 heavy (non-hydrogen) atoms. The summed E-state index contributed by atoms with van der Waals surface area (Å²) in [6.07, 6.45) is -1.58. The van der Waals surface area contributed by atoms with Crippen LogP contribution in [0.1, 0.15) is 38.0 Å². The van der Waals surface area contributed by atoms with Gasteiger partial charge in [0.2, 0.25) is 0 Å². The van der Waals surface area contributed by atoms with Gasteiger partial charge < -0.3 is 4.43 Å². The molecule has 0 fully saturated rings. The van der Waals surface area contributed by atoms with E-state index in [9.17, 15) is 8.78 Å². The normalized spacial score (nSPS) is 21.5. The van der Waals surface area contributed by atoms with Crippen molar-refractivity contribution in [3.8, 4) is 0 Å². The van der Waals surface area contributed by atoms with Crippen molar-refractivity contribution in [3.05, 3.63) is 32.8 Å².